The van der Waals surface area contributed by atoms with E-state index >= 15 is 0 Å². The first-order valence-electron chi connectivity index (χ1n) is 4.67. The molecule has 0 amide bonds. The largest absolute Gasteiger partial charge is 0.0841 e. The molecule has 4 atom stereocenters. The maximum atomic E-state index is 3.84. The van der Waals surface area contributed by atoms with E-state index in [1.165, 1.54) is 0 Å². The highest BCUT2D eigenvalue weighted by Crippen LogP contribution is 2.60. The zero-order valence-electron chi connectivity index (χ0n) is 8.93. The van der Waals surface area contributed by atoms with Crippen LogP contribution < -0.4 is 0 Å². The van der Waals surface area contributed by atoms with Gasteiger partial charge in [-0.15, -0.1) is 0 Å². The van der Waals surface area contributed by atoms with E-state index in [1.54, 1.807) is 0 Å². The zero-order chi connectivity index (χ0) is 11.4. The van der Waals surface area contributed by atoms with Crippen molar-refractivity contribution >= 4 is 63.7 Å². The molecule has 4 heteroatoms. The fourth-order valence-electron chi connectivity index (χ4n) is 1.98. The molecule has 0 aromatic rings. The van der Waals surface area contributed by atoms with Gasteiger partial charge in [0.1, 0.15) is 0 Å². The summed E-state index contributed by atoms with van der Waals surface area (Å²) in [6.45, 7) is 9.01. The summed E-state index contributed by atoms with van der Waals surface area (Å²) in [4.78, 5) is 0. The molecule has 84 valence electrons. The third kappa shape index (κ3) is 2.28. The Morgan fingerprint density at radius 1 is 0.571 bits per heavy atom. The van der Waals surface area contributed by atoms with E-state index in [-0.39, 0.29) is 17.3 Å². The average molecular weight is 456 g/mol. The van der Waals surface area contributed by atoms with Crippen LogP contribution in [0.2, 0.25) is 0 Å². The molecule has 0 nitrogen and oxygen atoms in total. The molecule has 1 rings (SSSR count). The van der Waals surface area contributed by atoms with E-state index in [0.717, 1.165) is 12.8 Å². The smallest absolute Gasteiger partial charge is 0.0394 e. The summed E-state index contributed by atoms with van der Waals surface area (Å²) in [5, 5.41) is 0. The highest BCUT2D eigenvalue weighted by molar-refractivity contribution is 9.13. The van der Waals surface area contributed by atoms with E-state index < -0.39 is 0 Å². The van der Waals surface area contributed by atoms with E-state index in [4.69, 9.17) is 0 Å². The molecule has 1 saturated carbocycles. The molecular formula is C10H16Br4. The van der Waals surface area contributed by atoms with Gasteiger partial charge in [0, 0.05) is 17.3 Å². The van der Waals surface area contributed by atoms with Gasteiger partial charge < -0.3 is 0 Å². The minimum Gasteiger partial charge on any atom is -0.0841 e. The lowest BCUT2D eigenvalue weighted by Gasteiger charge is -2.55. The van der Waals surface area contributed by atoms with E-state index in [2.05, 4.69) is 91.4 Å². The predicted molar refractivity (Wildman–Crippen MR) is 78.6 cm³/mol. The summed E-state index contributed by atoms with van der Waals surface area (Å²) < 4.78 is 0.466. The molecule has 0 heterocycles. The van der Waals surface area contributed by atoms with Crippen LogP contribution in [-0.4, -0.2) is 17.3 Å². The molecule has 0 aliphatic heterocycles. The lowest BCUT2D eigenvalue weighted by Crippen LogP contribution is -2.59. The van der Waals surface area contributed by atoms with Gasteiger partial charge in [-0.2, -0.15) is 0 Å². The lowest BCUT2D eigenvalue weighted by molar-refractivity contribution is 0.273. The maximum absolute atomic E-state index is 3.84. The number of alkyl halides is 4. The van der Waals surface area contributed by atoms with E-state index in [1.807, 2.05) is 0 Å². The summed E-state index contributed by atoms with van der Waals surface area (Å²) >= 11 is 15.4. The van der Waals surface area contributed by atoms with E-state index in [9.17, 15) is 0 Å². The SMILES string of the molecule is CC1(Br)CC(C)(Br)C(C)(Br)CC1(C)Br. The molecule has 0 spiro atoms. The quantitative estimate of drug-likeness (QED) is 0.429. The standard InChI is InChI=1S/C10H16Br4/c1-7(11)5-9(3,13)10(4,14)6-8(7,2)12/h5-6H2,1-4H3. The molecule has 1 fully saturated rings. The van der Waals surface area contributed by atoms with Gasteiger partial charge >= 0.3 is 0 Å². The monoisotopic (exact) mass is 452 g/mol. The summed E-state index contributed by atoms with van der Waals surface area (Å²) in [7, 11) is 0. The van der Waals surface area contributed by atoms with Crippen LogP contribution in [0.15, 0.2) is 0 Å². The van der Waals surface area contributed by atoms with Gasteiger partial charge in [-0.1, -0.05) is 63.7 Å². The Labute approximate surface area is 120 Å². The van der Waals surface area contributed by atoms with Gasteiger partial charge in [0.25, 0.3) is 0 Å². The third-order valence-electron chi connectivity index (χ3n) is 3.50. The van der Waals surface area contributed by atoms with Crippen molar-refractivity contribution in [3.8, 4) is 0 Å². The van der Waals surface area contributed by atoms with Crippen LogP contribution in [0.3, 0.4) is 0 Å². The van der Waals surface area contributed by atoms with Crippen molar-refractivity contribution < 1.29 is 0 Å². The Hall–Kier alpha value is 1.92. The molecule has 14 heavy (non-hydrogen) atoms. The Kier molecular flexibility index (Phi) is 3.70. The second-order valence-corrected chi connectivity index (χ2v) is 12.1. The fourth-order valence-corrected chi connectivity index (χ4v) is 5.54. The molecule has 1 aliphatic rings. The first-order valence-corrected chi connectivity index (χ1v) is 7.84. The molecule has 0 radical (unpaired) electrons. The Morgan fingerprint density at radius 2 is 0.714 bits per heavy atom. The molecule has 4 unspecified atom stereocenters. The summed E-state index contributed by atoms with van der Waals surface area (Å²) in [5.74, 6) is 0. The van der Waals surface area contributed by atoms with Crippen molar-refractivity contribution in [3.63, 3.8) is 0 Å². The normalized spacial score (nSPS) is 60.0. The Balaban J connectivity index is 3.07. The molecule has 0 aromatic carbocycles. The highest BCUT2D eigenvalue weighted by atomic mass is 79.9. The minimum absolute atomic E-state index is 0.117. The van der Waals surface area contributed by atoms with Gasteiger partial charge in [-0.3, -0.25) is 0 Å². The lowest BCUT2D eigenvalue weighted by atomic mass is 9.70. The summed E-state index contributed by atoms with van der Waals surface area (Å²) in [6.07, 6.45) is 2.15. The number of hydrogen-bond donors (Lipinski definition) is 0. The van der Waals surface area contributed by atoms with Crippen molar-refractivity contribution in [1.29, 1.82) is 0 Å². The van der Waals surface area contributed by atoms with Crippen molar-refractivity contribution in [2.75, 3.05) is 0 Å². The van der Waals surface area contributed by atoms with Crippen LogP contribution in [0.25, 0.3) is 0 Å². The molecular weight excluding hydrogens is 440 g/mol. The molecule has 0 aromatic heterocycles. The van der Waals surface area contributed by atoms with Crippen molar-refractivity contribution in [2.45, 2.75) is 57.8 Å². The first kappa shape index (κ1) is 14.0. The molecule has 0 N–H and O–H groups in total. The minimum atomic E-state index is 0.117. The second-order valence-electron chi connectivity index (χ2n) is 5.14. The van der Waals surface area contributed by atoms with Gasteiger partial charge in [0.05, 0.1) is 0 Å². The maximum Gasteiger partial charge on any atom is 0.0394 e. The molecule has 0 saturated heterocycles. The van der Waals surface area contributed by atoms with Crippen LogP contribution in [0.4, 0.5) is 0 Å². The van der Waals surface area contributed by atoms with Gasteiger partial charge in [-0.25, -0.2) is 0 Å². The molecule has 0 bridgehead atoms. The van der Waals surface area contributed by atoms with Gasteiger partial charge in [0.15, 0.2) is 0 Å². The predicted octanol–water partition coefficient (Wildman–Crippen LogP) is 5.39. The zero-order valence-corrected chi connectivity index (χ0v) is 15.3. The van der Waals surface area contributed by atoms with Crippen molar-refractivity contribution in [2.24, 2.45) is 0 Å². The van der Waals surface area contributed by atoms with Gasteiger partial charge in [-0.05, 0) is 40.5 Å². The van der Waals surface area contributed by atoms with Crippen LogP contribution in [0.1, 0.15) is 40.5 Å². The third-order valence-corrected chi connectivity index (χ3v) is 9.19. The van der Waals surface area contributed by atoms with E-state index in [0.29, 0.717) is 0 Å². The van der Waals surface area contributed by atoms with Crippen LogP contribution >= 0.6 is 63.7 Å². The second kappa shape index (κ2) is 3.71. The molecule has 1 aliphatic carbocycles. The van der Waals surface area contributed by atoms with Gasteiger partial charge in [0.2, 0.25) is 0 Å². The average Bonchev–Trinajstić information content (AvgIpc) is 1.78. The van der Waals surface area contributed by atoms with Crippen molar-refractivity contribution in [1.82, 2.24) is 0 Å². The van der Waals surface area contributed by atoms with Crippen molar-refractivity contribution in [3.05, 3.63) is 0 Å². The summed E-state index contributed by atoms with van der Waals surface area (Å²) in [6, 6.07) is 0. The van der Waals surface area contributed by atoms with Crippen LogP contribution in [-0.2, 0) is 0 Å². The number of halogens is 4. The first-order chi connectivity index (χ1) is 5.91. The Morgan fingerprint density at radius 3 is 0.857 bits per heavy atom. The number of hydrogen-bond acceptors (Lipinski definition) is 0. The van der Waals surface area contributed by atoms with Crippen LogP contribution in [0, 0.1) is 0 Å². The topological polar surface area (TPSA) is 0 Å². The summed E-state index contributed by atoms with van der Waals surface area (Å²) in [5.41, 5.74) is 0. The number of rotatable bonds is 0. The van der Waals surface area contributed by atoms with Crippen LogP contribution in [0.5, 0.6) is 0 Å². The highest BCUT2D eigenvalue weighted by Gasteiger charge is 2.58. The fraction of sp³-hybridized carbons (Fsp3) is 1.00. The Bertz CT molecular complexity index is 191.